The molecule has 3 heteroatoms. The summed E-state index contributed by atoms with van der Waals surface area (Å²) in [5.41, 5.74) is 2.71. The number of rotatable bonds is 4. The Labute approximate surface area is 129 Å². The Bertz CT molecular complexity index is 458. The van der Waals surface area contributed by atoms with Crippen LogP contribution in [0.25, 0.3) is 0 Å². The van der Waals surface area contributed by atoms with E-state index in [9.17, 15) is 0 Å². The van der Waals surface area contributed by atoms with Crippen molar-refractivity contribution < 1.29 is 0 Å². The van der Waals surface area contributed by atoms with E-state index in [0.29, 0.717) is 5.92 Å². The number of hydrogen-bond acceptors (Lipinski definition) is 3. The van der Waals surface area contributed by atoms with Crippen LogP contribution in [-0.2, 0) is 12.8 Å². The SMILES string of the molecule is CCCC1CCC(c2nc3c(c(NC)n2)CCCC3)CC1. The predicted octanol–water partition coefficient (Wildman–Crippen LogP) is 4.47. The van der Waals surface area contributed by atoms with Crippen LogP contribution in [0.4, 0.5) is 5.82 Å². The van der Waals surface area contributed by atoms with Crippen LogP contribution in [0, 0.1) is 5.92 Å². The summed E-state index contributed by atoms with van der Waals surface area (Å²) in [4.78, 5) is 9.84. The molecule has 0 unspecified atom stereocenters. The smallest absolute Gasteiger partial charge is 0.134 e. The van der Waals surface area contributed by atoms with Gasteiger partial charge in [-0.05, 0) is 57.3 Å². The maximum absolute atomic E-state index is 4.97. The van der Waals surface area contributed by atoms with E-state index in [4.69, 9.17) is 9.97 Å². The summed E-state index contributed by atoms with van der Waals surface area (Å²) in [7, 11) is 2.00. The lowest BCUT2D eigenvalue weighted by Crippen LogP contribution is -2.19. The zero-order valence-corrected chi connectivity index (χ0v) is 13.6. The van der Waals surface area contributed by atoms with Crippen LogP contribution in [-0.4, -0.2) is 17.0 Å². The van der Waals surface area contributed by atoms with Crippen molar-refractivity contribution in [3.8, 4) is 0 Å². The maximum atomic E-state index is 4.97. The minimum absolute atomic E-state index is 0.595. The Morgan fingerprint density at radius 2 is 1.81 bits per heavy atom. The highest BCUT2D eigenvalue weighted by Gasteiger charge is 2.26. The monoisotopic (exact) mass is 287 g/mol. The van der Waals surface area contributed by atoms with E-state index >= 15 is 0 Å². The van der Waals surface area contributed by atoms with Gasteiger partial charge in [-0.2, -0.15) is 0 Å². The van der Waals surface area contributed by atoms with Gasteiger partial charge in [0.2, 0.25) is 0 Å². The summed E-state index contributed by atoms with van der Waals surface area (Å²) < 4.78 is 0. The fraction of sp³-hybridized carbons (Fsp3) is 0.778. The van der Waals surface area contributed by atoms with E-state index < -0.39 is 0 Å². The first-order valence-corrected chi connectivity index (χ1v) is 8.89. The quantitative estimate of drug-likeness (QED) is 0.887. The minimum atomic E-state index is 0.595. The average Bonchev–Trinajstić information content (AvgIpc) is 2.55. The minimum Gasteiger partial charge on any atom is -0.373 e. The van der Waals surface area contributed by atoms with Gasteiger partial charge in [0.1, 0.15) is 11.6 Å². The number of nitrogens with one attached hydrogen (secondary N) is 1. The molecule has 1 aromatic heterocycles. The number of fused-ring (bicyclic) bond motifs is 1. The van der Waals surface area contributed by atoms with Crippen molar-refractivity contribution in [1.82, 2.24) is 9.97 Å². The molecule has 1 saturated carbocycles. The third-order valence-corrected chi connectivity index (χ3v) is 5.35. The van der Waals surface area contributed by atoms with Gasteiger partial charge in [-0.3, -0.25) is 0 Å². The molecule has 2 aliphatic carbocycles. The first-order valence-electron chi connectivity index (χ1n) is 8.89. The Hall–Kier alpha value is -1.12. The van der Waals surface area contributed by atoms with Gasteiger partial charge in [0.25, 0.3) is 0 Å². The molecule has 1 heterocycles. The fourth-order valence-corrected chi connectivity index (χ4v) is 4.12. The molecule has 21 heavy (non-hydrogen) atoms. The highest BCUT2D eigenvalue weighted by Crippen LogP contribution is 2.37. The summed E-state index contributed by atoms with van der Waals surface area (Å²) in [5, 5.41) is 3.31. The van der Waals surface area contributed by atoms with Gasteiger partial charge in [-0.1, -0.05) is 19.8 Å². The second-order valence-corrected chi connectivity index (χ2v) is 6.82. The van der Waals surface area contributed by atoms with Crippen molar-refractivity contribution in [1.29, 1.82) is 0 Å². The molecule has 0 saturated heterocycles. The van der Waals surface area contributed by atoms with Crippen LogP contribution in [0.1, 0.15) is 81.3 Å². The number of aromatic nitrogens is 2. The number of anilines is 1. The summed E-state index contributed by atoms with van der Waals surface area (Å²) in [6.07, 6.45) is 12.9. The van der Waals surface area contributed by atoms with E-state index in [0.717, 1.165) is 30.4 Å². The Kier molecular flexibility index (Phi) is 4.77. The molecular formula is C18H29N3. The molecule has 0 aliphatic heterocycles. The molecule has 0 amide bonds. The molecule has 0 radical (unpaired) electrons. The van der Waals surface area contributed by atoms with Gasteiger partial charge in [0, 0.05) is 24.2 Å². The van der Waals surface area contributed by atoms with Gasteiger partial charge < -0.3 is 5.32 Å². The van der Waals surface area contributed by atoms with Gasteiger partial charge in [0.05, 0.1) is 0 Å². The molecule has 2 aliphatic rings. The lowest BCUT2D eigenvalue weighted by atomic mass is 9.79. The van der Waals surface area contributed by atoms with Crippen molar-refractivity contribution >= 4 is 5.82 Å². The first kappa shape index (κ1) is 14.8. The van der Waals surface area contributed by atoms with Crippen LogP contribution in [0.3, 0.4) is 0 Å². The molecule has 1 aromatic rings. The molecule has 3 nitrogen and oxygen atoms in total. The fourth-order valence-electron chi connectivity index (χ4n) is 4.12. The molecule has 0 spiro atoms. The number of hydrogen-bond donors (Lipinski definition) is 1. The molecular weight excluding hydrogens is 258 g/mol. The lowest BCUT2D eigenvalue weighted by Gasteiger charge is -2.28. The highest BCUT2D eigenvalue weighted by atomic mass is 15.0. The van der Waals surface area contributed by atoms with Crippen LogP contribution in [0.15, 0.2) is 0 Å². The summed E-state index contributed by atoms with van der Waals surface area (Å²) in [5.74, 6) is 3.77. The zero-order valence-electron chi connectivity index (χ0n) is 13.6. The molecule has 0 aromatic carbocycles. The van der Waals surface area contributed by atoms with Crippen LogP contribution in [0.2, 0.25) is 0 Å². The number of aryl methyl sites for hydroxylation is 1. The molecule has 1 fully saturated rings. The Morgan fingerprint density at radius 1 is 1.05 bits per heavy atom. The predicted molar refractivity (Wildman–Crippen MR) is 87.8 cm³/mol. The normalized spacial score (nSPS) is 25.4. The molecule has 0 bridgehead atoms. The standard InChI is InChI=1S/C18H29N3/c1-3-6-13-9-11-14(12-10-13)17-20-16-8-5-4-7-15(16)18(19-2)21-17/h13-14H,3-12H2,1-2H3,(H,19,20,21). The van der Waals surface area contributed by atoms with Crippen LogP contribution < -0.4 is 5.32 Å². The van der Waals surface area contributed by atoms with Gasteiger partial charge >= 0.3 is 0 Å². The Balaban J connectivity index is 1.77. The van der Waals surface area contributed by atoms with E-state index in [2.05, 4.69) is 12.2 Å². The third-order valence-electron chi connectivity index (χ3n) is 5.35. The van der Waals surface area contributed by atoms with Gasteiger partial charge in [-0.25, -0.2) is 9.97 Å². The van der Waals surface area contributed by atoms with E-state index in [-0.39, 0.29) is 0 Å². The largest absolute Gasteiger partial charge is 0.373 e. The number of nitrogens with zero attached hydrogens (tertiary/aromatic N) is 2. The highest BCUT2D eigenvalue weighted by molar-refractivity contribution is 5.47. The Morgan fingerprint density at radius 3 is 2.52 bits per heavy atom. The van der Waals surface area contributed by atoms with Crippen molar-refractivity contribution in [2.45, 2.75) is 77.0 Å². The molecule has 3 rings (SSSR count). The summed E-state index contributed by atoms with van der Waals surface area (Å²) in [6.45, 7) is 2.30. The molecule has 0 atom stereocenters. The topological polar surface area (TPSA) is 37.8 Å². The molecule has 1 N–H and O–H groups in total. The lowest BCUT2D eigenvalue weighted by molar-refractivity contribution is 0.302. The summed E-state index contributed by atoms with van der Waals surface area (Å²) >= 11 is 0. The van der Waals surface area contributed by atoms with Crippen molar-refractivity contribution in [2.75, 3.05) is 12.4 Å². The first-order chi connectivity index (χ1) is 10.3. The van der Waals surface area contributed by atoms with E-state index in [1.54, 1.807) is 0 Å². The maximum Gasteiger partial charge on any atom is 0.134 e. The van der Waals surface area contributed by atoms with Crippen molar-refractivity contribution in [2.24, 2.45) is 5.92 Å². The van der Waals surface area contributed by atoms with Crippen LogP contribution in [0.5, 0.6) is 0 Å². The van der Waals surface area contributed by atoms with Crippen LogP contribution >= 0.6 is 0 Å². The zero-order chi connectivity index (χ0) is 14.7. The molecule has 116 valence electrons. The second-order valence-electron chi connectivity index (χ2n) is 6.82. The van der Waals surface area contributed by atoms with E-state index in [1.807, 2.05) is 7.05 Å². The summed E-state index contributed by atoms with van der Waals surface area (Å²) in [6, 6.07) is 0. The van der Waals surface area contributed by atoms with Gasteiger partial charge in [0.15, 0.2) is 0 Å². The van der Waals surface area contributed by atoms with Crippen molar-refractivity contribution in [3.63, 3.8) is 0 Å². The van der Waals surface area contributed by atoms with Crippen molar-refractivity contribution in [3.05, 3.63) is 17.1 Å². The third kappa shape index (κ3) is 3.22. The van der Waals surface area contributed by atoms with Gasteiger partial charge in [-0.15, -0.1) is 0 Å². The second kappa shape index (κ2) is 6.76. The average molecular weight is 287 g/mol. The van der Waals surface area contributed by atoms with E-state index in [1.165, 1.54) is 62.6 Å².